The third-order valence-corrected chi connectivity index (χ3v) is 2.51. The van der Waals surface area contributed by atoms with E-state index in [1.807, 2.05) is 0 Å². The van der Waals surface area contributed by atoms with Crippen LogP contribution in [0.25, 0.3) is 11.2 Å². The van der Waals surface area contributed by atoms with Crippen LogP contribution in [0, 0.1) is 0 Å². The lowest BCUT2D eigenvalue weighted by Crippen LogP contribution is -2.29. The number of aromatic nitrogens is 5. The Kier molecular flexibility index (Phi) is 1.83. The Morgan fingerprint density at radius 2 is 2.31 bits per heavy atom. The van der Waals surface area contributed by atoms with Crippen molar-refractivity contribution in [1.82, 2.24) is 25.4 Å². The molecule has 16 heavy (non-hydrogen) atoms. The summed E-state index contributed by atoms with van der Waals surface area (Å²) in [6.07, 6.45) is 1.70. The number of nitrogens with zero attached hydrogens (tertiary/aromatic N) is 5. The van der Waals surface area contributed by atoms with Gasteiger partial charge in [-0.1, -0.05) is 0 Å². The van der Waals surface area contributed by atoms with Crippen LogP contribution >= 0.6 is 0 Å². The molecule has 2 aromatic rings. The van der Waals surface area contributed by atoms with Crippen LogP contribution in [0.15, 0.2) is 6.33 Å². The summed E-state index contributed by atoms with van der Waals surface area (Å²) in [6.45, 7) is 0.456. The Morgan fingerprint density at radius 3 is 3.06 bits per heavy atom. The molecule has 0 spiro atoms. The molecule has 1 aliphatic heterocycles. The maximum Gasteiger partial charge on any atom is 0.229 e. The normalized spacial score (nSPS) is 20.9. The highest BCUT2D eigenvalue weighted by Gasteiger charge is 2.30. The number of carbonyl (C=O) groups excluding carboxylic acids is 1. The number of hydrogen-bond acceptors (Lipinski definition) is 6. The second kappa shape index (κ2) is 3.20. The fourth-order valence-electron chi connectivity index (χ4n) is 1.80. The zero-order valence-electron chi connectivity index (χ0n) is 8.29. The molecule has 1 saturated heterocycles. The number of rotatable bonds is 1. The molecule has 0 aromatic carbocycles. The van der Waals surface area contributed by atoms with Gasteiger partial charge in [0.2, 0.25) is 11.6 Å². The standard InChI is InChI=1S/C8H9N7O/c9-4-1-5(16)15(2-4)8-6-7(10-3-11-8)13-14-12-6/h3-4H,1-2,9H2,(H,10,11,12,13,14). The lowest BCUT2D eigenvalue weighted by molar-refractivity contribution is -0.117. The Balaban J connectivity index is 2.12. The van der Waals surface area contributed by atoms with Gasteiger partial charge in [0.25, 0.3) is 0 Å². The van der Waals surface area contributed by atoms with Gasteiger partial charge in [-0.15, -0.1) is 5.10 Å². The summed E-state index contributed by atoms with van der Waals surface area (Å²) in [7, 11) is 0. The van der Waals surface area contributed by atoms with Crippen LogP contribution in [-0.4, -0.2) is 43.9 Å². The third-order valence-electron chi connectivity index (χ3n) is 2.51. The summed E-state index contributed by atoms with van der Waals surface area (Å²) in [4.78, 5) is 21.2. The quantitative estimate of drug-likeness (QED) is 0.623. The maximum atomic E-state index is 11.7. The third kappa shape index (κ3) is 1.23. The summed E-state index contributed by atoms with van der Waals surface area (Å²) in [5, 5.41) is 10.2. The highest BCUT2D eigenvalue weighted by molar-refractivity contribution is 6.00. The van der Waals surface area contributed by atoms with Crippen molar-refractivity contribution in [2.24, 2.45) is 5.73 Å². The summed E-state index contributed by atoms with van der Waals surface area (Å²) in [6, 6.07) is -0.149. The maximum absolute atomic E-state index is 11.7. The van der Waals surface area contributed by atoms with E-state index in [4.69, 9.17) is 5.73 Å². The van der Waals surface area contributed by atoms with Gasteiger partial charge in [0.1, 0.15) is 6.33 Å². The number of amides is 1. The number of fused-ring (bicyclic) bond motifs is 1. The molecule has 8 nitrogen and oxygen atoms in total. The van der Waals surface area contributed by atoms with E-state index in [0.717, 1.165) is 0 Å². The molecule has 3 heterocycles. The molecule has 1 amide bonds. The number of anilines is 1. The molecule has 0 aliphatic carbocycles. The van der Waals surface area contributed by atoms with Gasteiger partial charge in [0, 0.05) is 19.0 Å². The Labute approximate surface area is 89.9 Å². The van der Waals surface area contributed by atoms with Crippen molar-refractivity contribution in [3.63, 3.8) is 0 Å². The predicted octanol–water partition coefficient (Wildman–Crippen LogP) is -1.19. The molecule has 3 N–H and O–H groups in total. The summed E-state index contributed by atoms with van der Waals surface area (Å²) < 4.78 is 0. The van der Waals surface area contributed by atoms with Gasteiger partial charge in [-0.2, -0.15) is 10.3 Å². The number of hydrogen-bond donors (Lipinski definition) is 2. The molecule has 0 radical (unpaired) electrons. The predicted molar refractivity (Wildman–Crippen MR) is 54.4 cm³/mol. The lowest BCUT2D eigenvalue weighted by atomic mass is 10.3. The van der Waals surface area contributed by atoms with Gasteiger partial charge in [-0.3, -0.25) is 9.69 Å². The molecule has 1 fully saturated rings. The number of carbonyl (C=O) groups is 1. The van der Waals surface area contributed by atoms with Crippen LogP contribution < -0.4 is 10.6 Å². The van der Waals surface area contributed by atoms with Crippen LogP contribution in [0.2, 0.25) is 0 Å². The zero-order chi connectivity index (χ0) is 11.1. The molecule has 0 bridgehead atoms. The average molecular weight is 219 g/mol. The SMILES string of the molecule is NC1CC(=O)N(c2ncnc3n[nH]nc23)C1. The minimum atomic E-state index is -0.149. The average Bonchev–Trinajstić information content (AvgIpc) is 2.84. The molecule has 82 valence electrons. The molecular formula is C8H9N7O. The first-order valence-electron chi connectivity index (χ1n) is 4.83. The summed E-state index contributed by atoms with van der Waals surface area (Å²) >= 11 is 0. The van der Waals surface area contributed by atoms with E-state index in [2.05, 4.69) is 25.4 Å². The van der Waals surface area contributed by atoms with Crippen LogP contribution in [-0.2, 0) is 4.79 Å². The highest BCUT2D eigenvalue weighted by Crippen LogP contribution is 2.23. The van der Waals surface area contributed by atoms with Crippen molar-refractivity contribution >= 4 is 22.9 Å². The van der Waals surface area contributed by atoms with Gasteiger partial charge in [-0.25, -0.2) is 9.97 Å². The van der Waals surface area contributed by atoms with Gasteiger partial charge in [-0.05, 0) is 0 Å². The number of H-pyrrole nitrogens is 1. The smallest absolute Gasteiger partial charge is 0.229 e. The Morgan fingerprint density at radius 1 is 1.44 bits per heavy atom. The van der Waals surface area contributed by atoms with E-state index < -0.39 is 0 Å². The lowest BCUT2D eigenvalue weighted by Gasteiger charge is -2.13. The summed E-state index contributed by atoms with van der Waals surface area (Å²) in [5.41, 5.74) is 6.66. The monoisotopic (exact) mass is 219 g/mol. The van der Waals surface area contributed by atoms with E-state index in [9.17, 15) is 4.79 Å². The van der Waals surface area contributed by atoms with E-state index in [1.54, 1.807) is 0 Å². The van der Waals surface area contributed by atoms with Crippen molar-refractivity contribution in [2.75, 3.05) is 11.4 Å². The van der Waals surface area contributed by atoms with Gasteiger partial charge < -0.3 is 5.73 Å². The molecule has 0 saturated carbocycles. The second-order valence-corrected chi connectivity index (χ2v) is 3.66. The van der Waals surface area contributed by atoms with Crippen molar-refractivity contribution in [3.8, 4) is 0 Å². The van der Waals surface area contributed by atoms with Gasteiger partial charge >= 0.3 is 0 Å². The van der Waals surface area contributed by atoms with E-state index in [0.29, 0.717) is 29.9 Å². The van der Waals surface area contributed by atoms with Crippen LogP contribution in [0.5, 0.6) is 0 Å². The molecule has 8 heteroatoms. The molecule has 3 rings (SSSR count). The first kappa shape index (κ1) is 9.16. The topological polar surface area (TPSA) is 114 Å². The fourth-order valence-corrected chi connectivity index (χ4v) is 1.80. The fraction of sp³-hybridized carbons (Fsp3) is 0.375. The number of nitrogens with one attached hydrogen (secondary N) is 1. The second-order valence-electron chi connectivity index (χ2n) is 3.66. The summed E-state index contributed by atoms with van der Waals surface area (Å²) in [5.74, 6) is 0.423. The van der Waals surface area contributed by atoms with Crippen molar-refractivity contribution < 1.29 is 4.79 Å². The molecule has 1 unspecified atom stereocenters. The van der Waals surface area contributed by atoms with E-state index in [-0.39, 0.29) is 11.9 Å². The molecule has 2 aromatic heterocycles. The van der Waals surface area contributed by atoms with Gasteiger partial charge in [0.15, 0.2) is 11.3 Å². The Hall–Kier alpha value is -2.09. The minimum absolute atomic E-state index is 0.0458. The van der Waals surface area contributed by atoms with Crippen LogP contribution in [0.3, 0.4) is 0 Å². The highest BCUT2D eigenvalue weighted by atomic mass is 16.2. The van der Waals surface area contributed by atoms with Crippen LogP contribution in [0.4, 0.5) is 5.82 Å². The van der Waals surface area contributed by atoms with Crippen molar-refractivity contribution in [1.29, 1.82) is 0 Å². The largest absolute Gasteiger partial charge is 0.326 e. The minimum Gasteiger partial charge on any atom is -0.326 e. The first-order chi connectivity index (χ1) is 7.75. The molecule has 1 aliphatic rings. The van der Waals surface area contributed by atoms with Gasteiger partial charge in [0.05, 0.1) is 0 Å². The van der Waals surface area contributed by atoms with E-state index in [1.165, 1.54) is 11.2 Å². The van der Waals surface area contributed by atoms with E-state index >= 15 is 0 Å². The molecule has 1 atom stereocenters. The molecular weight excluding hydrogens is 210 g/mol. The zero-order valence-corrected chi connectivity index (χ0v) is 8.29. The Bertz CT molecular complexity index is 550. The van der Waals surface area contributed by atoms with Crippen molar-refractivity contribution in [3.05, 3.63) is 6.33 Å². The number of nitrogens with two attached hydrogens (primary N) is 1. The van der Waals surface area contributed by atoms with Crippen molar-refractivity contribution in [2.45, 2.75) is 12.5 Å². The first-order valence-corrected chi connectivity index (χ1v) is 4.83. The van der Waals surface area contributed by atoms with Crippen LogP contribution in [0.1, 0.15) is 6.42 Å². The number of aromatic amines is 1.